The first kappa shape index (κ1) is 72.5. The van der Waals surface area contributed by atoms with Gasteiger partial charge in [-0.2, -0.15) is 0 Å². The van der Waals surface area contributed by atoms with Crippen molar-refractivity contribution in [2.24, 2.45) is 22.9 Å². The van der Waals surface area contributed by atoms with Gasteiger partial charge in [-0.25, -0.2) is 0 Å². The van der Waals surface area contributed by atoms with Crippen molar-refractivity contribution in [3.8, 4) is 34.5 Å². The first-order valence-electron chi connectivity index (χ1n) is 30.9. The maximum atomic E-state index is 14.2. The summed E-state index contributed by atoms with van der Waals surface area (Å²) in [6.07, 6.45) is 8.10. The van der Waals surface area contributed by atoms with Crippen molar-refractivity contribution in [3.05, 3.63) is 118 Å². The summed E-state index contributed by atoms with van der Waals surface area (Å²) in [6, 6.07) is 22.1. The van der Waals surface area contributed by atoms with Crippen molar-refractivity contribution in [1.82, 2.24) is 20.4 Å². The van der Waals surface area contributed by atoms with E-state index >= 15 is 0 Å². The van der Waals surface area contributed by atoms with Gasteiger partial charge in [0.25, 0.3) is 29.5 Å². The van der Waals surface area contributed by atoms with E-state index in [0.717, 1.165) is 64.2 Å². The average molecular weight is 1250 g/mol. The molecule has 5 rings (SSSR count). The second-order valence-electron chi connectivity index (χ2n) is 22.0. The first-order chi connectivity index (χ1) is 43.5. The molecule has 0 saturated carbocycles. The van der Waals surface area contributed by atoms with E-state index < -0.39 is 35.8 Å². The summed E-state index contributed by atoms with van der Waals surface area (Å²) in [4.78, 5) is 73.7. The van der Waals surface area contributed by atoms with E-state index in [1.165, 1.54) is 38.5 Å². The van der Waals surface area contributed by atoms with E-state index in [-0.39, 0.29) is 62.1 Å². The lowest BCUT2D eigenvalue weighted by molar-refractivity contribution is 0.0937. The molecule has 1 unspecified atom stereocenters. The van der Waals surface area contributed by atoms with Gasteiger partial charge < -0.3 is 98.2 Å². The van der Waals surface area contributed by atoms with Crippen LogP contribution in [0, 0.1) is 0 Å². The predicted octanol–water partition coefficient (Wildman–Crippen LogP) is 7.18. The van der Waals surface area contributed by atoms with Crippen LogP contribution in [-0.4, -0.2) is 166 Å². The number of nitrogens with two attached hydrogens (primary N) is 4. The Morgan fingerprint density at radius 3 is 1.01 bits per heavy atom. The number of carbonyl (C=O) groups is 5. The third-order valence-corrected chi connectivity index (χ3v) is 14.2. The van der Waals surface area contributed by atoms with Gasteiger partial charge in [0.2, 0.25) is 0 Å². The topological polar surface area (TPSA) is 344 Å². The van der Waals surface area contributed by atoms with Crippen molar-refractivity contribution in [2.75, 3.05) is 142 Å². The molecule has 0 bridgehead atoms. The molecule has 0 radical (unpaired) electrons. The normalized spacial score (nSPS) is 11.4. The molecule has 0 aliphatic carbocycles. The summed E-state index contributed by atoms with van der Waals surface area (Å²) >= 11 is 0. The van der Waals surface area contributed by atoms with Crippen LogP contribution in [0.5, 0.6) is 34.5 Å². The fourth-order valence-electron chi connectivity index (χ4n) is 9.14. The Bertz CT molecular complexity index is 3040. The molecule has 492 valence electrons. The molecule has 0 aliphatic heterocycles. The number of methoxy groups -OCH3 is 2. The van der Waals surface area contributed by atoms with E-state index in [2.05, 4.69) is 31.9 Å². The second kappa shape index (κ2) is 39.7. The van der Waals surface area contributed by atoms with Crippen LogP contribution in [0.2, 0.25) is 0 Å². The smallest absolute Gasteiger partial charge is 0.259 e. The maximum absolute atomic E-state index is 14.2. The van der Waals surface area contributed by atoms with Crippen molar-refractivity contribution < 1.29 is 57.5 Å². The first-order valence-corrected chi connectivity index (χ1v) is 30.9. The number of unbranched alkanes of at least 4 members (excludes halogenated alkanes) is 8. The number of carbonyl (C=O) groups excluding carboxylic acids is 5. The van der Waals surface area contributed by atoms with Crippen LogP contribution in [0.4, 0.5) is 22.7 Å². The second-order valence-corrected chi connectivity index (χ2v) is 22.0. The molecule has 24 nitrogen and oxygen atoms in total. The van der Waals surface area contributed by atoms with Gasteiger partial charge in [0.1, 0.15) is 34.5 Å². The molecule has 15 N–H and O–H groups in total. The van der Waals surface area contributed by atoms with E-state index in [4.69, 9.17) is 51.4 Å². The Labute approximate surface area is 529 Å². The molecule has 5 aromatic rings. The van der Waals surface area contributed by atoms with Crippen LogP contribution < -0.4 is 83.3 Å². The molecule has 0 heterocycles. The molecule has 0 fully saturated rings. The van der Waals surface area contributed by atoms with Gasteiger partial charge >= 0.3 is 0 Å². The monoisotopic (exact) mass is 1250 g/mol. The SMILES string of the molecule is COc1cc(OC)c(C(O)Nc2ccc(NC(=O)c3cc(C(=O)NCCN(C)C)c(OCCCCCN)cc3OCCCCCN)cc2)cc1C(=O)Nc1ccc(NC(=O)c2cc(C(=O)NCCN(C)C)c(OCCCCCN)cc2OCCCCCN)cc1. The number of likely N-dealkylation sites (N-methyl/N-ethyl adjacent to an activating group) is 2. The van der Waals surface area contributed by atoms with E-state index in [9.17, 15) is 29.1 Å². The van der Waals surface area contributed by atoms with Crippen LogP contribution in [0.3, 0.4) is 0 Å². The minimum atomic E-state index is -1.42. The minimum absolute atomic E-state index is 0.0694. The molecule has 5 amide bonds. The number of ether oxygens (including phenoxy) is 6. The van der Waals surface area contributed by atoms with Crippen LogP contribution in [0.1, 0.15) is 141 Å². The highest BCUT2D eigenvalue weighted by molar-refractivity contribution is 6.10. The summed E-state index contributed by atoms with van der Waals surface area (Å²) in [6.45, 7) is 5.43. The van der Waals surface area contributed by atoms with Crippen molar-refractivity contribution in [2.45, 2.75) is 83.3 Å². The van der Waals surface area contributed by atoms with E-state index in [1.807, 2.05) is 38.0 Å². The van der Waals surface area contributed by atoms with Crippen LogP contribution in [0.15, 0.2) is 84.9 Å². The Morgan fingerprint density at radius 1 is 0.400 bits per heavy atom. The van der Waals surface area contributed by atoms with Gasteiger partial charge in [-0.3, -0.25) is 24.0 Å². The summed E-state index contributed by atoms with van der Waals surface area (Å²) in [7, 11) is 10.4. The van der Waals surface area contributed by atoms with E-state index in [0.29, 0.717) is 120 Å². The molecule has 5 aromatic carbocycles. The van der Waals surface area contributed by atoms with Gasteiger partial charge in [0.05, 0.1) is 68.5 Å². The Morgan fingerprint density at radius 2 is 0.700 bits per heavy atom. The zero-order chi connectivity index (χ0) is 65.2. The van der Waals surface area contributed by atoms with Crippen LogP contribution in [-0.2, 0) is 0 Å². The summed E-state index contributed by atoms with van der Waals surface area (Å²) in [5.74, 6) is -1.01. The van der Waals surface area contributed by atoms with Gasteiger partial charge in [-0.05, 0) is 198 Å². The number of rotatable bonds is 43. The van der Waals surface area contributed by atoms with Gasteiger partial charge in [-0.1, -0.05) is 0 Å². The van der Waals surface area contributed by atoms with Crippen molar-refractivity contribution in [3.63, 3.8) is 0 Å². The van der Waals surface area contributed by atoms with Crippen molar-refractivity contribution >= 4 is 52.3 Å². The number of hydrogen-bond donors (Lipinski definition) is 11. The van der Waals surface area contributed by atoms with Crippen molar-refractivity contribution in [1.29, 1.82) is 0 Å². The summed E-state index contributed by atoms with van der Waals surface area (Å²) < 4.78 is 36.0. The maximum Gasteiger partial charge on any atom is 0.259 e. The fourth-order valence-corrected chi connectivity index (χ4v) is 9.14. The number of benzene rings is 5. The molecule has 1 atom stereocenters. The lowest BCUT2D eigenvalue weighted by Crippen LogP contribution is -2.32. The molecule has 0 saturated heterocycles. The number of amides is 5. The van der Waals surface area contributed by atoms with Crippen LogP contribution in [0.25, 0.3) is 0 Å². The van der Waals surface area contributed by atoms with Gasteiger partial charge in [0.15, 0.2) is 6.23 Å². The predicted molar refractivity (Wildman–Crippen MR) is 353 cm³/mol. The van der Waals surface area contributed by atoms with Gasteiger partial charge in [0, 0.05) is 72.7 Å². The summed E-state index contributed by atoms with van der Waals surface area (Å²) in [5.41, 5.74) is 25.3. The third kappa shape index (κ3) is 23.9. The largest absolute Gasteiger partial charge is 0.496 e. The number of nitrogens with zero attached hydrogens (tertiary/aromatic N) is 2. The average Bonchev–Trinajstić information content (AvgIpc) is 0.977. The molecule has 0 aromatic heterocycles. The number of aliphatic hydroxyl groups is 1. The quantitative estimate of drug-likeness (QED) is 0.0136. The zero-order valence-electron chi connectivity index (χ0n) is 53.3. The van der Waals surface area contributed by atoms with Gasteiger partial charge in [-0.15, -0.1) is 0 Å². The summed E-state index contributed by atoms with van der Waals surface area (Å²) in [5, 5.41) is 29.3. The fraction of sp³-hybridized carbons (Fsp3) is 0.470. The molecule has 90 heavy (non-hydrogen) atoms. The number of anilines is 4. The number of aliphatic hydroxyl groups excluding tert-OH is 1. The Hall–Kier alpha value is -8.23. The van der Waals surface area contributed by atoms with E-state index in [1.54, 1.807) is 60.7 Å². The Balaban J connectivity index is 1.33. The highest BCUT2D eigenvalue weighted by atomic mass is 16.5. The molecular formula is C66H96N12O12. The minimum Gasteiger partial charge on any atom is -0.496 e. The molecule has 0 aliphatic rings. The molecular weight excluding hydrogens is 1150 g/mol. The molecule has 0 spiro atoms. The lowest BCUT2D eigenvalue weighted by atomic mass is 10.1. The molecule has 24 heteroatoms. The zero-order valence-corrected chi connectivity index (χ0v) is 53.3. The highest BCUT2D eigenvalue weighted by Gasteiger charge is 2.26. The standard InChI is InChI=1S/C66H96N12O12/c1-77(2)33-31-71-61(79)51-40-53(59(89-37-17-9-13-29-69)43-57(51)87-35-15-7-11-27-67)65(83)75-47-23-19-45(20-24-47)73-63(81)49-39-50(56(86-6)42-55(49)85-5)64(82)74-46-21-25-48(26-22-46)76-66(84)54-41-52(62(80)72-32-34-78(3)4)58(88-36-16-8-12-28-68)44-60(54)90-38-18-10-14-30-70/h19-26,39-44,63,73,81H,7-18,27-38,67-70H2,1-6H3,(H,71,79)(H,72,80)(H,74,82)(H,75,83)(H,76,84). The highest BCUT2D eigenvalue weighted by Crippen LogP contribution is 2.36. The lowest BCUT2D eigenvalue weighted by Gasteiger charge is -2.20. The number of hydrogen-bond acceptors (Lipinski definition) is 19. The van der Waals surface area contributed by atoms with Crippen LogP contribution >= 0.6 is 0 Å². The number of nitrogens with one attached hydrogen (secondary N) is 6. The Kier molecular flexibility index (Phi) is 32.0. The third-order valence-electron chi connectivity index (χ3n) is 14.2.